The van der Waals surface area contributed by atoms with E-state index in [-0.39, 0.29) is 10.8 Å². The fourth-order valence-corrected chi connectivity index (χ4v) is 5.03. The number of fused-ring (bicyclic) bond motifs is 1. The first-order valence-electron chi connectivity index (χ1n) is 9.33. The van der Waals surface area contributed by atoms with E-state index < -0.39 is 15.8 Å². The maximum Gasteiger partial charge on any atom is 0.256 e. The lowest BCUT2D eigenvalue weighted by Crippen LogP contribution is -2.27. The van der Waals surface area contributed by atoms with Gasteiger partial charge < -0.3 is 5.32 Å². The monoisotopic (exact) mass is 413 g/mol. The lowest BCUT2D eigenvalue weighted by molar-refractivity contribution is 0.102. The molecule has 1 N–H and O–H groups in total. The van der Waals surface area contributed by atoms with E-state index in [0.717, 1.165) is 12.8 Å². The summed E-state index contributed by atoms with van der Waals surface area (Å²) in [5, 5.41) is 3.32. The van der Waals surface area contributed by atoms with Crippen molar-refractivity contribution in [2.45, 2.75) is 24.7 Å². The molecule has 0 saturated carbocycles. The van der Waals surface area contributed by atoms with Gasteiger partial charge >= 0.3 is 0 Å². The van der Waals surface area contributed by atoms with Crippen molar-refractivity contribution in [1.82, 2.24) is 9.29 Å². The van der Waals surface area contributed by atoms with Crippen LogP contribution in [-0.4, -0.2) is 36.7 Å². The van der Waals surface area contributed by atoms with Gasteiger partial charge in [-0.3, -0.25) is 9.78 Å². The van der Waals surface area contributed by atoms with Crippen LogP contribution < -0.4 is 5.32 Å². The van der Waals surface area contributed by atoms with Crippen molar-refractivity contribution in [2.24, 2.45) is 0 Å². The lowest BCUT2D eigenvalue weighted by atomic mass is 10.1. The molecule has 2 aromatic carbocycles. The first kappa shape index (κ1) is 19.5. The van der Waals surface area contributed by atoms with E-state index in [4.69, 9.17) is 0 Å². The van der Waals surface area contributed by atoms with E-state index in [2.05, 4.69) is 10.3 Å². The summed E-state index contributed by atoms with van der Waals surface area (Å²) in [4.78, 5) is 17.3. The first-order chi connectivity index (χ1) is 13.8. The number of nitrogens with zero attached hydrogens (tertiary/aromatic N) is 2. The Morgan fingerprint density at radius 1 is 1.07 bits per heavy atom. The number of amides is 1. The Bertz CT molecular complexity index is 1180. The van der Waals surface area contributed by atoms with Crippen molar-refractivity contribution in [2.75, 3.05) is 18.4 Å². The molecular weight excluding hydrogens is 393 g/mol. The first-order valence-corrected chi connectivity index (χ1v) is 10.8. The van der Waals surface area contributed by atoms with Gasteiger partial charge in [0, 0.05) is 35.9 Å². The topological polar surface area (TPSA) is 79.4 Å². The van der Waals surface area contributed by atoms with Crippen LogP contribution in [0.25, 0.3) is 10.9 Å². The zero-order valence-corrected chi connectivity index (χ0v) is 16.7. The molecule has 1 fully saturated rings. The highest BCUT2D eigenvalue weighted by molar-refractivity contribution is 7.89. The van der Waals surface area contributed by atoms with Gasteiger partial charge in [0.15, 0.2) is 0 Å². The van der Waals surface area contributed by atoms with Gasteiger partial charge in [0.1, 0.15) is 5.82 Å². The van der Waals surface area contributed by atoms with Crippen LogP contribution in [0, 0.1) is 12.7 Å². The van der Waals surface area contributed by atoms with Crippen molar-refractivity contribution in [3.05, 3.63) is 65.6 Å². The van der Waals surface area contributed by atoms with Gasteiger partial charge in [-0.1, -0.05) is 0 Å². The number of sulfonamides is 1. The minimum absolute atomic E-state index is 0.207. The Hall–Kier alpha value is -2.84. The molecule has 1 saturated heterocycles. The van der Waals surface area contributed by atoms with Crippen LogP contribution in [0.1, 0.15) is 28.9 Å². The minimum Gasteiger partial charge on any atom is -0.322 e. The predicted octanol–water partition coefficient (Wildman–Crippen LogP) is 3.72. The number of carbonyl (C=O) groups excluding carboxylic acids is 1. The molecule has 0 atom stereocenters. The maximum atomic E-state index is 13.5. The smallest absolute Gasteiger partial charge is 0.256 e. The normalized spacial score (nSPS) is 15.0. The summed E-state index contributed by atoms with van der Waals surface area (Å²) in [6, 6.07) is 11.9. The van der Waals surface area contributed by atoms with Crippen molar-refractivity contribution >= 4 is 32.5 Å². The number of halogens is 1. The highest BCUT2D eigenvalue weighted by atomic mass is 32.2. The molecule has 4 rings (SSSR count). The molecular formula is C21H20FN3O3S. The predicted molar refractivity (Wildman–Crippen MR) is 109 cm³/mol. The Balaban J connectivity index is 1.59. The van der Waals surface area contributed by atoms with E-state index in [1.165, 1.54) is 34.6 Å². The molecule has 0 unspecified atom stereocenters. The van der Waals surface area contributed by atoms with Crippen LogP contribution in [-0.2, 0) is 10.0 Å². The summed E-state index contributed by atoms with van der Waals surface area (Å²) in [5.74, 6) is -0.793. The molecule has 0 aliphatic carbocycles. The number of aryl methyl sites for hydroxylation is 1. The second kappa shape index (κ2) is 7.53. The molecule has 1 aliphatic heterocycles. The Labute approximate surface area is 168 Å². The molecule has 150 valence electrons. The van der Waals surface area contributed by atoms with Crippen LogP contribution >= 0.6 is 0 Å². The van der Waals surface area contributed by atoms with Gasteiger partial charge in [0.2, 0.25) is 10.0 Å². The summed E-state index contributed by atoms with van der Waals surface area (Å²) >= 11 is 0. The van der Waals surface area contributed by atoms with Crippen LogP contribution in [0.2, 0.25) is 0 Å². The summed E-state index contributed by atoms with van der Waals surface area (Å²) in [6.07, 6.45) is 1.74. The third kappa shape index (κ3) is 3.86. The van der Waals surface area contributed by atoms with Crippen LogP contribution in [0.3, 0.4) is 0 Å². The van der Waals surface area contributed by atoms with Gasteiger partial charge in [-0.15, -0.1) is 0 Å². The zero-order chi connectivity index (χ0) is 20.6. The number of nitrogens with one attached hydrogen (secondary N) is 1. The number of anilines is 1. The third-order valence-corrected chi connectivity index (χ3v) is 6.87. The number of pyridine rings is 1. The molecule has 0 spiro atoms. The van der Waals surface area contributed by atoms with Crippen LogP contribution in [0.4, 0.5) is 10.1 Å². The Kier molecular flexibility index (Phi) is 5.06. The fraction of sp³-hybridized carbons (Fsp3) is 0.238. The van der Waals surface area contributed by atoms with E-state index in [1.54, 1.807) is 25.1 Å². The van der Waals surface area contributed by atoms with Crippen molar-refractivity contribution in [3.63, 3.8) is 0 Å². The summed E-state index contributed by atoms with van der Waals surface area (Å²) in [7, 11) is -3.50. The zero-order valence-electron chi connectivity index (χ0n) is 15.9. The molecule has 1 aromatic heterocycles. The van der Waals surface area contributed by atoms with Crippen molar-refractivity contribution < 1.29 is 17.6 Å². The van der Waals surface area contributed by atoms with Gasteiger partial charge in [0.05, 0.1) is 16.0 Å². The standard InChI is InChI=1S/C21H20FN3O3S/c1-14-12-19(18-9-4-15(22)13-20(18)23-14)21(26)24-16-5-7-17(8-6-16)29(27,28)25-10-2-3-11-25/h4-9,12-13H,2-3,10-11H2,1H3,(H,24,26). The lowest BCUT2D eigenvalue weighted by Gasteiger charge is -2.15. The van der Waals surface area contributed by atoms with E-state index in [1.807, 2.05) is 0 Å². The maximum absolute atomic E-state index is 13.5. The molecule has 6 nitrogen and oxygen atoms in total. The fourth-order valence-electron chi connectivity index (χ4n) is 3.51. The molecule has 1 amide bonds. The van der Waals surface area contributed by atoms with E-state index in [0.29, 0.717) is 40.9 Å². The highest BCUT2D eigenvalue weighted by Gasteiger charge is 2.27. The molecule has 0 radical (unpaired) electrons. The summed E-state index contributed by atoms with van der Waals surface area (Å²) in [5.41, 5.74) is 1.85. The highest BCUT2D eigenvalue weighted by Crippen LogP contribution is 2.24. The average Bonchev–Trinajstić information content (AvgIpc) is 3.23. The molecule has 3 aromatic rings. The minimum atomic E-state index is -3.50. The number of hydrogen-bond acceptors (Lipinski definition) is 4. The molecule has 29 heavy (non-hydrogen) atoms. The number of aromatic nitrogens is 1. The second-order valence-electron chi connectivity index (χ2n) is 7.06. The third-order valence-electron chi connectivity index (χ3n) is 4.96. The molecule has 2 heterocycles. The number of carbonyl (C=O) groups is 1. The van der Waals surface area contributed by atoms with Crippen LogP contribution in [0.15, 0.2) is 53.4 Å². The largest absolute Gasteiger partial charge is 0.322 e. The van der Waals surface area contributed by atoms with Gasteiger partial charge in [-0.2, -0.15) is 4.31 Å². The van der Waals surface area contributed by atoms with Gasteiger partial charge in [-0.25, -0.2) is 12.8 Å². The van der Waals surface area contributed by atoms with E-state index in [9.17, 15) is 17.6 Å². The van der Waals surface area contributed by atoms with Gasteiger partial charge in [-0.05, 0) is 62.2 Å². The average molecular weight is 413 g/mol. The number of rotatable bonds is 4. The summed E-state index contributed by atoms with van der Waals surface area (Å²) < 4.78 is 40.2. The number of hydrogen-bond donors (Lipinski definition) is 1. The Morgan fingerprint density at radius 3 is 2.45 bits per heavy atom. The van der Waals surface area contributed by atoms with Crippen molar-refractivity contribution in [1.29, 1.82) is 0 Å². The van der Waals surface area contributed by atoms with Crippen LogP contribution in [0.5, 0.6) is 0 Å². The van der Waals surface area contributed by atoms with Gasteiger partial charge in [0.25, 0.3) is 5.91 Å². The van der Waals surface area contributed by atoms with Crippen molar-refractivity contribution in [3.8, 4) is 0 Å². The second-order valence-corrected chi connectivity index (χ2v) is 9.00. The number of benzene rings is 2. The van der Waals surface area contributed by atoms with E-state index >= 15 is 0 Å². The molecule has 1 aliphatic rings. The Morgan fingerprint density at radius 2 is 1.76 bits per heavy atom. The quantitative estimate of drug-likeness (QED) is 0.707. The molecule has 0 bridgehead atoms. The SMILES string of the molecule is Cc1cc(C(=O)Nc2ccc(S(=O)(=O)N3CCCC3)cc2)c2ccc(F)cc2n1. The summed E-state index contributed by atoms with van der Waals surface area (Å²) in [6.45, 7) is 2.81. The molecule has 8 heteroatoms.